The third-order valence-corrected chi connectivity index (χ3v) is 3.55. The summed E-state index contributed by atoms with van der Waals surface area (Å²) in [6.07, 6.45) is -6.64. The summed E-state index contributed by atoms with van der Waals surface area (Å²) in [6, 6.07) is 4.86. The third-order valence-electron chi connectivity index (χ3n) is 3.55. The van der Waals surface area contributed by atoms with Crippen LogP contribution < -0.4 is 0 Å². The van der Waals surface area contributed by atoms with Gasteiger partial charge in [0.15, 0.2) is 6.10 Å². The Morgan fingerprint density at radius 1 is 1.30 bits per heavy atom. The number of carbonyl (C=O) groups is 2. The maximum absolute atomic E-state index is 12.9. The normalized spacial score (nSPS) is 22.0. The second kappa shape index (κ2) is 6.57. The SMILES string of the molecule is C[C@@H]1CN(C(=O)Cc2ccccc2C(F)(F)F)CC(C(=O)O)O1. The monoisotopic (exact) mass is 331 g/mol. The molecule has 1 heterocycles. The van der Waals surface area contributed by atoms with E-state index in [0.29, 0.717) is 0 Å². The average molecular weight is 331 g/mol. The predicted octanol–water partition coefficient (Wildman–Crippen LogP) is 1.95. The zero-order valence-electron chi connectivity index (χ0n) is 12.3. The highest BCUT2D eigenvalue weighted by molar-refractivity contribution is 5.81. The summed E-state index contributed by atoms with van der Waals surface area (Å²) in [4.78, 5) is 24.5. The molecule has 0 saturated carbocycles. The summed E-state index contributed by atoms with van der Waals surface area (Å²) < 4.78 is 44.0. The molecule has 2 rings (SSSR count). The number of hydrogen-bond donors (Lipinski definition) is 1. The van der Waals surface area contributed by atoms with Crippen molar-refractivity contribution in [2.24, 2.45) is 0 Å². The van der Waals surface area contributed by atoms with Crippen molar-refractivity contribution in [1.82, 2.24) is 4.90 Å². The number of nitrogens with zero attached hydrogens (tertiary/aromatic N) is 1. The van der Waals surface area contributed by atoms with Gasteiger partial charge in [0.05, 0.1) is 24.6 Å². The zero-order valence-corrected chi connectivity index (χ0v) is 12.3. The molecule has 0 aliphatic carbocycles. The van der Waals surface area contributed by atoms with Crippen molar-refractivity contribution in [3.8, 4) is 0 Å². The van der Waals surface area contributed by atoms with Crippen molar-refractivity contribution in [3.63, 3.8) is 0 Å². The fourth-order valence-corrected chi connectivity index (χ4v) is 2.52. The van der Waals surface area contributed by atoms with Crippen molar-refractivity contribution in [1.29, 1.82) is 0 Å². The highest BCUT2D eigenvalue weighted by atomic mass is 19.4. The summed E-state index contributed by atoms with van der Waals surface area (Å²) in [5.41, 5.74) is -0.986. The van der Waals surface area contributed by atoms with Gasteiger partial charge in [-0.2, -0.15) is 13.2 Å². The molecule has 126 valence electrons. The third kappa shape index (κ3) is 4.22. The Balaban J connectivity index is 2.15. The van der Waals surface area contributed by atoms with Crippen LogP contribution in [0, 0.1) is 0 Å². The lowest BCUT2D eigenvalue weighted by molar-refractivity contribution is -0.166. The molecule has 2 atom stereocenters. The predicted molar refractivity (Wildman–Crippen MR) is 73.7 cm³/mol. The van der Waals surface area contributed by atoms with E-state index >= 15 is 0 Å². The topological polar surface area (TPSA) is 66.8 Å². The summed E-state index contributed by atoms with van der Waals surface area (Å²) in [7, 11) is 0. The van der Waals surface area contributed by atoms with Crippen LogP contribution >= 0.6 is 0 Å². The van der Waals surface area contributed by atoms with Crippen molar-refractivity contribution in [2.45, 2.75) is 31.7 Å². The van der Waals surface area contributed by atoms with E-state index in [9.17, 15) is 22.8 Å². The van der Waals surface area contributed by atoms with Gasteiger partial charge in [-0.1, -0.05) is 18.2 Å². The molecule has 1 aromatic carbocycles. The Morgan fingerprint density at radius 3 is 2.57 bits per heavy atom. The van der Waals surface area contributed by atoms with Crippen LogP contribution in [0.15, 0.2) is 24.3 Å². The van der Waals surface area contributed by atoms with Gasteiger partial charge in [0.2, 0.25) is 5.91 Å². The van der Waals surface area contributed by atoms with Crippen LogP contribution in [-0.4, -0.2) is 47.2 Å². The first-order valence-corrected chi connectivity index (χ1v) is 6.99. The molecule has 1 amide bonds. The number of aliphatic carboxylic acids is 1. The van der Waals surface area contributed by atoms with Gasteiger partial charge in [0, 0.05) is 6.54 Å². The Hall–Kier alpha value is -2.09. The number of carboxylic acid groups (broad SMARTS) is 1. The van der Waals surface area contributed by atoms with Gasteiger partial charge in [0.25, 0.3) is 0 Å². The quantitative estimate of drug-likeness (QED) is 0.919. The highest BCUT2D eigenvalue weighted by Gasteiger charge is 2.35. The number of benzene rings is 1. The summed E-state index contributed by atoms with van der Waals surface area (Å²) in [5.74, 6) is -1.76. The van der Waals surface area contributed by atoms with Gasteiger partial charge in [0.1, 0.15) is 0 Å². The number of halogens is 3. The highest BCUT2D eigenvalue weighted by Crippen LogP contribution is 2.32. The van der Waals surface area contributed by atoms with E-state index in [0.717, 1.165) is 6.07 Å². The van der Waals surface area contributed by atoms with Crippen LogP contribution in [0.5, 0.6) is 0 Å². The fourth-order valence-electron chi connectivity index (χ4n) is 2.52. The molecule has 1 aromatic rings. The largest absolute Gasteiger partial charge is 0.479 e. The lowest BCUT2D eigenvalue weighted by Crippen LogP contribution is -2.52. The molecule has 8 heteroatoms. The van der Waals surface area contributed by atoms with Gasteiger partial charge in [-0.05, 0) is 18.6 Å². The smallest absolute Gasteiger partial charge is 0.416 e. The molecule has 23 heavy (non-hydrogen) atoms. The molecule has 5 nitrogen and oxygen atoms in total. The van der Waals surface area contributed by atoms with E-state index in [4.69, 9.17) is 9.84 Å². The molecular weight excluding hydrogens is 315 g/mol. The lowest BCUT2D eigenvalue weighted by Gasteiger charge is -2.35. The van der Waals surface area contributed by atoms with Crippen molar-refractivity contribution >= 4 is 11.9 Å². The van der Waals surface area contributed by atoms with Crippen LogP contribution in [0.4, 0.5) is 13.2 Å². The molecule has 0 aromatic heterocycles. The van der Waals surface area contributed by atoms with Gasteiger partial charge in [-0.25, -0.2) is 4.79 Å². The number of carboxylic acids is 1. The number of alkyl halides is 3. The molecule has 0 radical (unpaired) electrons. The molecule has 1 fully saturated rings. The van der Waals surface area contributed by atoms with Crippen LogP contribution in [0.25, 0.3) is 0 Å². The van der Waals surface area contributed by atoms with E-state index in [1.807, 2.05) is 0 Å². The van der Waals surface area contributed by atoms with E-state index in [1.54, 1.807) is 6.92 Å². The number of rotatable bonds is 3. The van der Waals surface area contributed by atoms with E-state index in [-0.39, 0.29) is 18.7 Å². The first-order chi connectivity index (χ1) is 10.7. The summed E-state index contributed by atoms with van der Waals surface area (Å²) in [6.45, 7) is 1.59. The minimum Gasteiger partial charge on any atom is -0.479 e. The molecule has 0 spiro atoms. The number of morpholine rings is 1. The minimum absolute atomic E-state index is 0.129. The molecule has 1 N–H and O–H groups in total. The second-order valence-electron chi connectivity index (χ2n) is 5.40. The van der Waals surface area contributed by atoms with Gasteiger partial charge in [-0.15, -0.1) is 0 Å². The van der Waals surface area contributed by atoms with Gasteiger partial charge < -0.3 is 14.7 Å². The van der Waals surface area contributed by atoms with Crippen molar-refractivity contribution in [3.05, 3.63) is 35.4 Å². The van der Waals surface area contributed by atoms with Gasteiger partial charge >= 0.3 is 12.1 Å². The number of hydrogen-bond acceptors (Lipinski definition) is 3. The first kappa shape index (κ1) is 17.3. The first-order valence-electron chi connectivity index (χ1n) is 6.99. The summed E-state index contributed by atoms with van der Waals surface area (Å²) in [5, 5.41) is 8.98. The Kier molecular flexibility index (Phi) is 4.93. The molecule has 1 saturated heterocycles. The van der Waals surface area contributed by atoms with Crippen LogP contribution in [0.1, 0.15) is 18.1 Å². The minimum atomic E-state index is -4.54. The fraction of sp³-hybridized carbons (Fsp3) is 0.467. The van der Waals surface area contributed by atoms with E-state index < -0.39 is 42.2 Å². The van der Waals surface area contributed by atoms with Crippen LogP contribution in [-0.2, 0) is 26.9 Å². The number of ether oxygens (including phenoxy) is 1. The Labute approximate surface area is 130 Å². The molecule has 0 bridgehead atoms. The van der Waals surface area contributed by atoms with Gasteiger partial charge in [-0.3, -0.25) is 4.79 Å². The second-order valence-corrected chi connectivity index (χ2v) is 5.40. The standard InChI is InChI=1S/C15H16F3NO4/c1-9-7-19(8-12(23-9)14(21)22)13(20)6-10-4-2-3-5-11(10)15(16,17)18/h2-5,9,12H,6-8H2,1H3,(H,21,22)/t9-,12?/m1/s1. The van der Waals surface area contributed by atoms with Crippen molar-refractivity contribution in [2.75, 3.05) is 13.1 Å². The number of amides is 1. The van der Waals surface area contributed by atoms with E-state index in [2.05, 4.69) is 0 Å². The maximum atomic E-state index is 12.9. The lowest BCUT2D eigenvalue weighted by atomic mass is 10.0. The molecule has 1 aliphatic heterocycles. The zero-order chi connectivity index (χ0) is 17.2. The number of carbonyl (C=O) groups excluding carboxylic acids is 1. The van der Waals surface area contributed by atoms with Crippen LogP contribution in [0.3, 0.4) is 0 Å². The van der Waals surface area contributed by atoms with Crippen LogP contribution in [0.2, 0.25) is 0 Å². The van der Waals surface area contributed by atoms with E-state index in [1.165, 1.54) is 23.1 Å². The molecular formula is C15H16F3NO4. The van der Waals surface area contributed by atoms with Crippen molar-refractivity contribution < 1.29 is 32.6 Å². The Bertz CT molecular complexity index is 603. The summed E-state index contributed by atoms with van der Waals surface area (Å²) >= 11 is 0. The maximum Gasteiger partial charge on any atom is 0.416 e. The molecule has 1 aliphatic rings. The Morgan fingerprint density at radius 2 is 1.96 bits per heavy atom. The average Bonchev–Trinajstić information content (AvgIpc) is 2.46. The molecule has 1 unspecified atom stereocenters.